The number of benzene rings is 1. The molecule has 0 spiro atoms. The zero-order chi connectivity index (χ0) is 13.3. The van der Waals surface area contributed by atoms with Crippen molar-refractivity contribution in [2.75, 3.05) is 5.32 Å². The van der Waals surface area contributed by atoms with Gasteiger partial charge >= 0.3 is 0 Å². The van der Waals surface area contributed by atoms with Gasteiger partial charge in [0.25, 0.3) is 0 Å². The molecule has 0 radical (unpaired) electrons. The standard InChI is InChI=1S/C13H15F2N3/c1-8-4-5-10(14)13(12(8)15)17-9(2)11-6-7-16-18(11)3/h4-7,9,17H,1-3H3. The van der Waals surface area contributed by atoms with Crippen LogP contribution in [0, 0.1) is 18.6 Å². The molecule has 1 heterocycles. The molecule has 96 valence electrons. The molecule has 0 fully saturated rings. The van der Waals surface area contributed by atoms with E-state index in [0.717, 1.165) is 5.69 Å². The zero-order valence-corrected chi connectivity index (χ0v) is 10.5. The molecule has 0 amide bonds. The van der Waals surface area contributed by atoms with Gasteiger partial charge in [-0.3, -0.25) is 4.68 Å². The number of anilines is 1. The Labute approximate surface area is 104 Å². The Morgan fingerprint density at radius 3 is 2.61 bits per heavy atom. The summed E-state index contributed by atoms with van der Waals surface area (Å²) in [7, 11) is 1.79. The van der Waals surface area contributed by atoms with E-state index < -0.39 is 11.6 Å². The zero-order valence-electron chi connectivity index (χ0n) is 10.5. The van der Waals surface area contributed by atoms with Crippen molar-refractivity contribution in [3.8, 4) is 0 Å². The van der Waals surface area contributed by atoms with Crippen LogP contribution >= 0.6 is 0 Å². The Hall–Kier alpha value is -1.91. The Bertz CT molecular complexity index is 563. The second-order valence-electron chi connectivity index (χ2n) is 4.30. The Morgan fingerprint density at radius 2 is 2.00 bits per heavy atom. The molecule has 1 aromatic carbocycles. The molecule has 0 saturated carbocycles. The summed E-state index contributed by atoms with van der Waals surface area (Å²) in [6.45, 7) is 3.44. The lowest BCUT2D eigenvalue weighted by atomic mass is 10.1. The Morgan fingerprint density at radius 1 is 1.28 bits per heavy atom. The summed E-state index contributed by atoms with van der Waals surface area (Å²) in [6, 6.07) is 4.26. The summed E-state index contributed by atoms with van der Waals surface area (Å²) in [5.41, 5.74) is 1.18. The van der Waals surface area contributed by atoms with E-state index in [9.17, 15) is 8.78 Å². The van der Waals surface area contributed by atoms with Gasteiger partial charge in [0.05, 0.1) is 11.7 Å². The SMILES string of the molecule is Cc1ccc(F)c(NC(C)c2ccnn2C)c1F. The van der Waals surface area contributed by atoms with Gasteiger partial charge < -0.3 is 5.32 Å². The maximum absolute atomic E-state index is 13.8. The van der Waals surface area contributed by atoms with Crippen molar-refractivity contribution in [3.05, 3.63) is 47.3 Å². The molecular weight excluding hydrogens is 236 g/mol. The third-order valence-corrected chi connectivity index (χ3v) is 2.95. The summed E-state index contributed by atoms with van der Waals surface area (Å²) in [5.74, 6) is -1.14. The summed E-state index contributed by atoms with van der Waals surface area (Å²) < 4.78 is 29.1. The molecule has 2 aromatic rings. The Balaban J connectivity index is 2.30. The first-order chi connectivity index (χ1) is 8.50. The molecule has 0 saturated heterocycles. The predicted molar refractivity (Wildman–Crippen MR) is 66.3 cm³/mol. The summed E-state index contributed by atoms with van der Waals surface area (Å²) in [6.07, 6.45) is 1.65. The third kappa shape index (κ3) is 2.20. The van der Waals surface area contributed by atoms with Crippen molar-refractivity contribution in [3.63, 3.8) is 0 Å². The van der Waals surface area contributed by atoms with Gasteiger partial charge in [0.2, 0.25) is 0 Å². The van der Waals surface area contributed by atoms with E-state index in [2.05, 4.69) is 10.4 Å². The van der Waals surface area contributed by atoms with Gasteiger partial charge in [0, 0.05) is 13.2 Å². The fraction of sp³-hybridized carbons (Fsp3) is 0.308. The molecule has 0 aliphatic carbocycles. The normalized spacial score (nSPS) is 12.5. The van der Waals surface area contributed by atoms with E-state index in [-0.39, 0.29) is 11.7 Å². The van der Waals surface area contributed by atoms with Crippen molar-refractivity contribution >= 4 is 5.69 Å². The van der Waals surface area contributed by atoms with E-state index in [0.29, 0.717) is 5.56 Å². The minimum Gasteiger partial charge on any atom is -0.372 e. The van der Waals surface area contributed by atoms with Crippen LogP contribution in [0.5, 0.6) is 0 Å². The lowest BCUT2D eigenvalue weighted by molar-refractivity contribution is 0.575. The average Bonchev–Trinajstić information content (AvgIpc) is 2.76. The predicted octanol–water partition coefficient (Wildman–Crippen LogP) is 3.18. The lowest BCUT2D eigenvalue weighted by Crippen LogP contribution is -2.13. The number of aryl methyl sites for hydroxylation is 2. The largest absolute Gasteiger partial charge is 0.372 e. The average molecular weight is 251 g/mol. The number of nitrogens with one attached hydrogen (secondary N) is 1. The molecule has 5 heteroatoms. The highest BCUT2D eigenvalue weighted by molar-refractivity contribution is 5.50. The lowest BCUT2D eigenvalue weighted by Gasteiger charge is -2.17. The van der Waals surface area contributed by atoms with Crippen molar-refractivity contribution in [2.45, 2.75) is 19.9 Å². The molecule has 1 unspecified atom stereocenters. The highest BCUT2D eigenvalue weighted by atomic mass is 19.1. The number of halogens is 2. The van der Waals surface area contributed by atoms with Crippen LogP contribution in [0.3, 0.4) is 0 Å². The smallest absolute Gasteiger partial charge is 0.152 e. The van der Waals surface area contributed by atoms with Gasteiger partial charge in [0.1, 0.15) is 11.5 Å². The fourth-order valence-corrected chi connectivity index (χ4v) is 1.89. The molecular formula is C13H15F2N3. The number of aromatic nitrogens is 2. The Kier molecular flexibility index (Phi) is 3.32. The second-order valence-corrected chi connectivity index (χ2v) is 4.30. The van der Waals surface area contributed by atoms with Crippen molar-refractivity contribution in [1.82, 2.24) is 9.78 Å². The van der Waals surface area contributed by atoms with E-state index in [1.165, 1.54) is 12.1 Å². The molecule has 0 bridgehead atoms. The first-order valence-corrected chi connectivity index (χ1v) is 5.69. The van der Waals surface area contributed by atoms with Crippen LogP contribution in [0.4, 0.5) is 14.5 Å². The van der Waals surface area contributed by atoms with Crippen LogP contribution in [0.2, 0.25) is 0 Å². The molecule has 1 N–H and O–H groups in total. The van der Waals surface area contributed by atoms with Gasteiger partial charge in [-0.1, -0.05) is 6.07 Å². The van der Waals surface area contributed by atoms with Crippen molar-refractivity contribution < 1.29 is 8.78 Å². The van der Waals surface area contributed by atoms with E-state index in [1.54, 1.807) is 24.9 Å². The van der Waals surface area contributed by atoms with Gasteiger partial charge in [-0.15, -0.1) is 0 Å². The topological polar surface area (TPSA) is 29.9 Å². The van der Waals surface area contributed by atoms with Crippen LogP contribution in [0.1, 0.15) is 24.2 Å². The van der Waals surface area contributed by atoms with E-state index in [4.69, 9.17) is 0 Å². The molecule has 0 aliphatic heterocycles. The van der Waals surface area contributed by atoms with E-state index in [1.807, 2.05) is 13.0 Å². The summed E-state index contributed by atoms with van der Waals surface area (Å²) >= 11 is 0. The highest BCUT2D eigenvalue weighted by Crippen LogP contribution is 2.26. The maximum atomic E-state index is 13.8. The quantitative estimate of drug-likeness (QED) is 0.908. The molecule has 1 atom stereocenters. The van der Waals surface area contributed by atoms with Gasteiger partial charge in [0.15, 0.2) is 5.82 Å². The number of hydrogen-bond donors (Lipinski definition) is 1. The van der Waals surface area contributed by atoms with Gasteiger partial charge in [-0.05, 0) is 31.5 Å². The fourth-order valence-electron chi connectivity index (χ4n) is 1.89. The minimum atomic E-state index is -0.591. The van der Waals surface area contributed by atoms with Crippen LogP contribution in [-0.2, 0) is 7.05 Å². The van der Waals surface area contributed by atoms with Crippen LogP contribution < -0.4 is 5.32 Å². The summed E-state index contributed by atoms with van der Waals surface area (Å²) in [5, 5.41) is 6.88. The van der Waals surface area contributed by atoms with Gasteiger partial charge in [-0.2, -0.15) is 5.10 Å². The first-order valence-electron chi connectivity index (χ1n) is 5.69. The molecule has 0 aliphatic rings. The second kappa shape index (κ2) is 4.76. The maximum Gasteiger partial charge on any atom is 0.152 e. The first kappa shape index (κ1) is 12.5. The molecule has 18 heavy (non-hydrogen) atoms. The van der Waals surface area contributed by atoms with Crippen molar-refractivity contribution in [2.24, 2.45) is 7.05 Å². The van der Waals surface area contributed by atoms with Crippen LogP contribution in [0.25, 0.3) is 0 Å². The molecule has 2 rings (SSSR count). The van der Waals surface area contributed by atoms with E-state index >= 15 is 0 Å². The number of hydrogen-bond acceptors (Lipinski definition) is 2. The molecule has 3 nitrogen and oxygen atoms in total. The molecule has 1 aromatic heterocycles. The highest BCUT2D eigenvalue weighted by Gasteiger charge is 2.16. The summed E-state index contributed by atoms with van der Waals surface area (Å²) in [4.78, 5) is 0. The van der Waals surface area contributed by atoms with Crippen molar-refractivity contribution in [1.29, 1.82) is 0 Å². The number of rotatable bonds is 3. The van der Waals surface area contributed by atoms with Gasteiger partial charge in [-0.25, -0.2) is 8.78 Å². The number of nitrogens with zero attached hydrogens (tertiary/aromatic N) is 2. The van der Waals surface area contributed by atoms with Crippen LogP contribution in [-0.4, -0.2) is 9.78 Å². The van der Waals surface area contributed by atoms with Crippen LogP contribution in [0.15, 0.2) is 24.4 Å². The minimum absolute atomic E-state index is 0.0938. The monoisotopic (exact) mass is 251 g/mol. The third-order valence-electron chi connectivity index (χ3n) is 2.95.